The molecule has 0 saturated heterocycles. The zero-order chi connectivity index (χ0) is 19.2. The van der Waals surface area contributed by atoms with Gasteiger partial charge in [0.1, 0.15) is 17.6 Å². The highest BCUT2D eigenvalue weighted by Crippen LogP contribution is 2.36. The van der Waals surface area contributed by atoms with Gasteiger partial charge in [-0.3, -0.25) is 4.79 Å². The summed E-state index contributed by atoms with van der Waals surface area (Å²) in [6.07, 6.45) is 2.56. The molecule has 0 aromatic heterocycles. The molecule has 144 valence electrons. The fourth-order valence-electron chi connectivity index (χ4n) is 3.55. The number of fused-ring (bicyclic) bond motifs is 1. The molecule has 2 aromatic carbocycles. The highest BCUT2D eigenvalue weighted by molar-refractivity contribution is 5.66. The van der Waals surface area contributed by atoms with Crippen molar-refractivity contribution in [3.8, 4) is 11.5 Å². The summed E-state index contributed by atoms with van der Waals surface area (Å²) in [6, 6.07) is 14.3. The highest BCUT2D eigenvalue weighted by Gasteiger charge is 2.24. The summed E-state index contributed by atoms with van der Waals surface area (Å²) in [4.78, 5) is 11.0. The number of ether oxygens (including phenoxy) is 2. The molecule has 0 radical (unpaired) electrons. The van der Waals surface area contributed by atoms with E-state index in [0.29, 0.717) is 13.0 Å². The molecular weight excluding hydrogens is 342 g/mol. The molecule has 2 aromatic rings. The summed E-state index contributed by atoms with van der Waals surface area (Å²) in [6.45, 7) is 2.68. The van der Waals surface area contributed by atoms with Gasteiger partial charge < -0.3 is 19.9 Å². The predicted octanol–water partition coefficient (Wildman–Crippen LogP) is 3.58. The van der Waals surface area contributed by atoms with Crippen LogP contribution >= 0.6 is 0 Å². The number of rotatable bonds is 9. The van der Waals surface area contributed by atoms with Gasteiger partial charge in [-0.2, -0.15) is 0 Å². The van der Waals surface area contributed by atoms with E-state index in [1.54, 1.807) is 7.11 Å². The lowest BCUT2D eigenvalue weighted by molar-refractivity contribution is -0.137. The van der Waals surface area contributed by atoms with Crippen molar-refractivity contribution in [3.63, 3.8) is 0 Å². The molecule has 2 N–H and O–H groups in total. The second-order valence-corrected chi connectivity index (χ2v) is 7.11. The van der Waals surface area contributed by atoms with E-state index in [0.717, 1.165) is 29.9 Å². The maximum atomic E-state index is 11.0. The average Bonchev–Trinajstić information content (AvgIpc) is 3.04. The SMILES string of the molecule is COc1cc(CNC(CCC(=O)O)Cc2ccccc2)c2c(c1)CC(C)O2. The van der Waals surface area contributed by atoms with Crippen molar-refractivity contribution in [2.45, 2.75) is 51.3 Å². The Morgan fingerprint density at radius 2 is 2.11 bits per heavy atom. The minimum atomic E-state index is -0.769. The van der Waals surface area contributed by atoms with E-state index in [-0.39, 0.29) is 18.6 Å². The summed E-state index contributed by atoms with van der Waals surface area (Å²) in [7, 11) is 1.67. The van der Waals surface area contributed by atoms with Crippen molar-refractivity contribution in [1.82, 2.24) is 5.32 Å². The minimum absolute atomic E-state index is 0.0733. The van der Waals surface area contributed by atoms with Gasteiger partial charge in [-0.15, -0.1) is 0 Å². The second kappa shape index (κ2) is 8.91. The van der Waals surface area contributed by atoms with Crippen LogP contribution in [-0.4, -0.2) is 30.3 Å². The molecule has 5 nitrogen and oxygen atoms in total. The Morgan fingerprint density at radius 3 is 2.81 bits per heavy atom. The number of benzene rings is 2. The van der Waals surface area contributed by atoms with Gasteiger partial charge in [0.15, 0.2) is 0 Å². The Bertz CT molecular complexity index is 775. The number of carboxylic acids is 1. The number of carboxylic acid groups (broad SMARTS) is 1. The number of carbonyl (C=O) groups is 1. The summed E-state index contributed by atoms with van der Waals surface area (Å²) >= 11 is 0. The van der Waals surface area contributed by atoms with E-state index >= 15 is 0 Å². The maximum Gasteiger partial charge on any atom is 0.303 e. The molecule has 2 atom stereocenters. The van der Waals surface area contributed by atoms with Crippen molar-refractivity contribution in [3.05, 3.63) is 59.2 Å². The molecule has 0 amide bonds. The number of hydrogen-bond acceptors (Lipinski definition) is 4. The first kappa shape index (κ1) is 19.2. The van der Waals surface area contributed by atoms with Crippen molar-refractivity contribution in [2.75, 3.05) is 7.11 Å². The highest BCUT2D eigenvalue weighted by atomic mass is 16.5. The second-order valence-electron chi connectivity index (χ2n) is 7.11. The molecule has 0 bridgehead atoms. The quantitative estimate of drug-likeness (QED) is 0.707. The average molecular weight is 369 g/mol. The van der Waals surface area contributed by atoms with Gasteiger partial charge >= 0.3 is 5.97 Å². The summed E-state index contributed by atoms with van der Waals surface area (Å²) in [5, 5.41) is 12.6. The topological polar surface area (TPSA) is 67.8 Å². The van der Waals surface area contributed by atoms with Crippen LogP contribution in [0.5, 0.6) is 11.5 Å². The number of aliphatic carboxylic acids is 1. The normalized spacial score (nSPS) is 16.4. The van der Waals surface area contributed by atoms with Crippen LogP contribution in [-0.2, 0) is 24.2 Å². The van der Waals surface area contributed by atoms with E-state index < -0.39 is 5.97 Å². The lowest BCUT2D eigenvalue weighted by Crippen LogP contribution is -2.31. The van der Waals surface area contributed by atoms with Crippen LogP contribution in [0.2, 0.25) is 0 Å². The lowest BCUT2D eigenvalue weighted by atomic mass is 10.0. The number of methoxy groups -OCH3 is 1. The lowest BCUT2D eigenvalue weighted by Gasteiger charge is -2.20. The monoisotopic (exact) mass is 369 g/mol. The zero-order valence-corrected chi connectivity index (χ0v) is 15.9. The molecule has 0 aliphatic carbocycles. The van der Waals surface area contributed by atoms with Gasteiger partial charge in [0.05, 0.1) is 7.11 Å². The summed E-state index contributed by atoms with van der Waals surface area (Å²) < 4.78 is 11.4. The summed E-state index contributed by atoms with van der Waals surface area (Å²) in [5.74, 6) is 0.996. The summed E-state index contributed by atoms with van der Waals surface area (Å²) in [5.41, 5.74) is 3.42. The van der Waals surface area contributed by atoms with Crippen LogP contribution in [0.15, 0.2) is 42.5 Å². The molecule has 0 fully saturated rings. The number of hydrogen-bond donors (Lipinski definition) is 2. The molecule has 5 heteroatoms. The van der Waals surface area contributed by atoms with Crippen molar-refractivity contribution in [1.29, 1.82) is 0 Å². The van der Waals surface area contributed by atoms with Crippen LogP contribution in [0, 0.1) is 0 Å². The third-order valence-electron chi connectivity index (χ3n) is 4.89. The van der Waals surface area contributed by atoms with Gasteiger partial charge in [0, 0.05) is 36.6 Å². The minimum Gasteiger partial charge on any atom is -0.497 e. The molecule has 27 heavy (non-hydrogen) atoms. The van der Waals surface area contributed by atoms with E-state index in [9.17, 15) is 4.79 Å². The fraction of sp³-hybridized carbons (Fsp3) is 0.409. The van der Waals surface area contributed by atoms with Crippen LogP contribution in [0.25, 0.3) is 0 Å². The first-order valence-electron chi connectivity index (χ1n) is 9.40. The Hall–Kier alpha value is -2.53. The zero-order valence-electron chi connectivity index (χ0n) is 15.9. The predicted molar refractivity (Wildman–Crippen MR) is 104 cm³/mol. The molecule has 0 saturated carbocycles. The third kappa shape index (κ3) is 5.23. The first-order chi connectivity index (χ1) is 13.0. The van der Waals surface area contributed by atoms with Crippen LogP contribution in [0.1, 0.15) is 36.5 Å². The largest absolute Gasteiger partial charge is 0.497 e. The Kier molecular flexibility index (Phi) is 6.35. The standard InChI is InChI=1S/C22H27NO4/c1-15-10-17-12-20(26-2)13-18(22(17)27-15)14-23-19(8-9-21(24)25)11-16-6-4-3-5-7-16/h3-7,12-13,15,19,23H,8-11,14H2,1-2H3,(H,24,25). The van der Waals surface area contributed by atoms with Gasteiger partial charge in [-0.05, 0) is 37.5 Å². The maximum absolute atomic E-state index is 11.0. The molecule has 1 aliphatic rings. The van der Waals surface area contributed by atoms with Crippen molar-refractivity contribution >= 4 is 5.97 Å². The molecule has 3 rings (SSSR count). The van der Waals surface area contributed by atoms with Crippen molar-refractivity contribution in [2.24, 2.45) is 0 Å². The Morgan fingerprint density at radius 1 is 1.33 bits per heavy atom. The van der Waals surface area contributed by atoms with E-state index in [2.05, 4.69) is 24.4 Å². The fourth-order valence-corrected chi connectivity index (χ4v) is 3.55. The van der Waals surface area contributed by atoms with Crippen LogP contribution in [0.4, 0.5) is 0 Å². The molecule has 1 aliphatic heterocycles. The molecule has 2 unspecified atom stereocenters. The van der Waals surface area contributed by atoms with E-state index in [1.807, 2.05) is 30.3 Å². The van der Waals surface area contributed by atoms with Gasteiger partial charge in [0.2, 0.25) is 0 Å². The molecule has 0 spiro atoms. The van der Waals surface area contributed by atoms with Gasteiger partial charge in [0.25, 0.3) is 0 Å². The Balaban J connectivity index is 1.73. The molecule has 1 heterocycles. The van der Waals surface area contributed by atoms with Gasteiger partial charge in [-0.1, -0.05) is 30.3 Å². The van der Waals surface area contributed by atoms with Crippen molar-refractivity contribution < 1.29 is 19.4 Å². The smallest absolute Gasteiger partial charge is 0.303 e. The number of nitrogens with one attached hydrogen (secondary N) is 1. The Labute approximate surface area is 160 Å². The van der Waals surface area contributed by atoms with E-state index in [1.165, 1.54) is 11.1 Å². The van der Waals surface area contributed by atoms with Crippen LogP contribution in [0.3, 0.4) is 0 Å². The molecular formula is C22H27NO4. The first-order valence-corrected chi connectivity index (χ1v) is 9.40. The van der Waals surface area contributed by atoms with Crippen LogP contribution < -0.4 is 14.8 Å². The van der Waals surface area contributed by atoms with E-state index in [4.69, 9.17) is 14.6 Å². The van der Waals surface area contributed by atoms with Gasteiger partial charge in [-0.25, -0.2) is 0 Å². The third-order valence-corrected chi connectivity index (χ3v) is 4.89.